The Bertz CT molecular complexity index is 404. The van der Waals surface area contributed by atoms with Gasteiger partial charge in [-0.05, 0) is 6.42 Å². The average molecular weight is 286 g/mol. The molecular formula is C11H18N4O5. The van der Waals surface area contributed by atoms with E-state index in [1.807, 2.05) is 4.90 Å². The van der Waals surface area contributed by atoms with Crippen molar-refractivity contribution in [2.75, 3.05) is 46.1 Å². The Kier molecular flexibility index (Phi) is 3.72. The second kappa shape index (κ2) is 5.51. The summed E-state index contributed by atoms with van der Waals surface area (Å²) < 4.78 is 16.6. The summed E-state index contributed by atoms with van der Waals surface area (Å²) in [6.45, 7) is 3.98. The summed E-state index contributed by atoms with van der Waals surface area (Å²) in [4.78, 5) is 12.5. The van der Waals surface area contributed by atoms with Crippen molar-refractivity contribution in [3.05, 3.63) is 10.1 Å². The van der Waals surface area contributed by atoms with Gasteiger partial charge in [0.05, 0.1) is 32.9 Å². The largest absolute Gasteiger partial charge is 0.381 e. The molecule has 3 rings (SSSR count). The highest BCUT2D eigenvalue weighted by molar-refractivity contribution is 5.80. The highest BCUT2D eigenvalue weighted by Gasteiger charge is 2.44. The lowest BCUT2D eigenvalue weighted by Gasteiger charge is -2.40. The first-order chi connectivity index (χ1) is 9.67. The number of nitrogens with zero attached hydrogens (tertiary/aromatic N) is 3. The van der Waals surface area contributed by atoms with Crippen LogP contribution < -0.4 is 5.32 Å². The fraction of sp³-hybridized carbons (Fsp3) is 0.909. The lowest BCUT2D eigenvalue weighted by Crippen LogP contribution is -2.62. The second-order valence-electron chi connectivity index (χ2n) is 5.23. The molecule has 3 aliphatic heterocycles. The van der Waals surface area contributed by atoms with Crippen molar-refractivity contribution in [1.29, 1.82) is 0 Å². The molecule has 0 amide bonds. The van der Waals surface area contributed by atoms with Crippen molar-refractivity contribution in [1.82, 2.24) is 10.2 Å². The molecule has 0 bridgehead atoms. The third kappa shape index (κ3) is 2.84. The van der Waals surface area contributed by atoms with Crippen LogP contribution in [0.5, 0.6) is 0 Å². The van der Waals surface area contributed by atoms with Crippen LogP contribution in [0.25, 0.3) is 0 Å². The molecule has 9 nitrogen and oxygen atoms in total. The monoisotopic (exact) mass is 286 g/mol. The fourth-order valence-electron chi connectivity index (χ4n) is 2.80. The average Bonchev–Trinajstić information content (AvgIpc) is 3.05. The van der Waals surface area contributed by atoms with Crippen LogP contribution in [0.3, 0.4) is 0 Å². The number of hydrogen-bond acceptors (Lipinski definition) is 5. The van der Waals surface area contributed by atoms with Gasteiger partial charge in [0.1, 0.15) is 5.10 Å². The van der Waals surface area contributed by atoms with Gasteiger partial charge < -0.3 is 24.4 Å². The lowest BCUT2D eigenvalue weighted by molar-refractivity contribution is -0.486. The summed E-state index contributed by atoms with van der Waals surface area (Å²) in [6.07, 6.45) is 0.955. The molecule has 3 aliphatic rings. The van der Waals surface area contributed by atoms with Crippen LogP contribution in [-0.4, -0.2) is 67.7 Å². The number of rotatable bonds is 3. The topological polar surface area (TPSA) is 98.5 Å². The van der Waals surface area contributed by atoms with Crippen LogP contribution in [0.2, 0.25) is 0 Å². The molecular weight excluding hydrogens is 268 g/mol. The Labute approximate surface area is 116 Å². The molecule has 112 valence electrons. The van der Waals surface area contributed by atoms with Gasteiger partial charge in [-0.1, -0.05) is 0 Å². The van der Waals surface area contributed by atoms with Gasteiger partial charge in [-0.25, -0.2) is 10.1 Å². The highest BCUT2D eigenvalue weighted by Crippen LogP contribution is 2.25. The molecule has 3 saturated heterocycles. The van der Waals surface area contributed by atoms with Crippen LogP contribution in [0.1, 0.15) is 6.42 Å². The summed E-state index contributed by atoms with van der Waals surface area (Å²) in [7, 11) is 0. The van der Waals surface area contributed by atoms with Gasteiger partial charge in [0, 0.05) is 19.1 Å². The molecule has 3 fully saturated rings. The molecule has 1 spiro atoms. The van der Waals surface area contributed by atoms with E-state index in [4.69, 9.17) is 14.2 Å². The van der Waals surface area contributed by atoms with Gasteiger partial charge in [-0.15, -0.1) is 0 Å². The molecule has 0 aromatic heterocycles. The van der Waals surface area contributed by atoms with E-state index in [1.54, 1.807) is 0 Å². The first-order valence-corrected chi connectivity index (χ1v) is 6.74. The third-order valence-electron chi connectivity index (χ3n) is 3.74. The number of guanidine groups is 1. The Balaban J connectivity index is 1.72. The summed E-state index contributed by atoms with van der Waals surface area (Å²) in [6, 6.07) is 0. The number of hydrogen-bond donors (Lipinski definition) is 1. The zero-order valence-electron chi connectivity index (χ0n) is 11.1. The van der Waals surface area contributed by atoms with Gasteiger partial charge >= 0.3 is 0 Å². The second-order valence-corrected chi connectivity index (χ2v) is 5.23. The van der Waals surface area contributed by atoms with E-state index in [-0.39, 0.29) is 5.96 Å². The molecule has 0 aliphatic carbocycles. The smallest absolute Gasteiger partial charge is 0.271 e. The molecule has 0 aromatic rings. The van der Waals surface area contributed by atoms with Crippen molar-refractivity contribution < 1.29 is 19.2 Å². The van der Waals surface area contributed by atoms with Gasteiger partial charge in [-0.2, -0.15) is 0 Å². The predicted octanol–water partition coefficient (Wildman–Crippen LogP) is -0.781. The lowest BCUT2D eigenvalue weighted by atomic mass is 10.1. The van der Waals surface area contributed by atoms with E-state index in [0.717, 1.165) is 13.0 Å². The van der Waals surface area contributed by atoms with Gasteiger partial charge in [-0.3, -0.25) is 0 Å². The molecule has 9 heteroatoms. The molecule has 1 atom stereocenters. The maximum absolute atomic E-state index is 10.6. The number of nitrogens with one attached hydrogen (secondary N) is 1. The quantitative estimate of drug-likeness (QED) is 0.536. The summed E-state index contributed by atoms with van der Waals surface area (Å²) in [5.41, 5.74) is 0. The van der Waals surface area contributed by atoms with Gasteiger partial charge in [0.25, 0.3) is 5.96 Å². The maximum Gasteiger partial charge on any atom is 0.271 e. The van der Waals surface area contributed by atoms with E-state index in [9.17, 15) is 10.1 Å². The highest BCUT2D eigenvalue weighted by atomic mass is 16.7. The van der Waals surface area contributed by atoms with Crippen LogP contribution in [0, 0.1) is 16.0 Å². The molecule has 0 aromatic carbocycles. The van der Waals surface area contributed by atoms with Gasteiger partial charge in [0.2, 0.25) is 5.79 Å². The van der Waals surface area contributed by atoms with E-state index in [1.165, 1.54) is 0 Å². The summed E-state index contributed by atoms with van der Waals surface area (Å²) in [5.74, 6) is -0.0911. The van der Waals surface area contributed by atoms with Crippen LogP contribution in [0.15, 0.2) is 5.10 Å². The van der Waals surface area contributed by atoms with Crippen molar-refractivity contribution in [3.63, 3.8) is 0 Å². The first kappa shape index (κ1) is 13.5. The molecule has 1 unspecified atom stereocenters. The van der Waals surface area contributed by atoms with Crippen molar-refractivity contribution in [3.8, 4) is 0 Å². The minimum atomic E-state index is -0.713. The van der Waals surface area contributed by atoms with E-state index >= 15 is 0 Å². The Morgan fingerprint density at radius 3 is 2.90 bits per heavy atom. The molecule has 20 heavy (non-hydrogen) atoms. The Hall–Kier alpha value is -1.45. The van der Waals surface area contributed by atoms with Gasteiger partial charge in [0.15, 0.2) is 5.03 Å². The van der Waals surface area contributed by atoms with E-state index < -0.39 is 10.8 Å². The van der Waals surface area contributed by atoms with Crippen LogP contribution in [0.4, 0.5) is 0 Å². The maximum atomic E-state index is 10.6. The molecule has 1 N–H and O–H groups in total. The normalized spacial score (nSPS) is 30.9. The molecule has 0 saturated carbocycles. The minimum Gasteiger partial charge on any atom is -0.381 e. The van der Waals surface area contributed by atoms with Crippen LogP contribution >= 0.6 is 0 Å². The Morgan fingerprint density at radius 1 is 1.45 bits per heavy atom. The number of ether oxygens (including phenoxy) is 3. The van der Waals surface area contributed by atoms with Crippen molar-refractivity contribution in [2.45, 2.75) is 12.2 Å². The molecule has 3 heterocycles. The third-order valence-corrected chi connectivity index (χ3v) is 3.74. The first-order valence-electron chi connectivity index (χ1n) is 6.74. The summed E-state index contributed by atoms with van der Waals surface area (Å²) in [5, 5.41) is 16.3. The minimum absolute atomic E-state index is 0.270. The predicted molar refractivity (Wildman–Crippen MR) is 67.6 cm³/mol. The SMILES string of the molecule is O=[N+]([O-])N=C1NCC2(CN1CC1CCOC1)OCCO2. The fourth-order valence-corrected chi connectivity index (χ4v) is 2.80. The van der Waals surface area contributed by atoms with E-state index in [2.05, 4.69) is 10.4 Å². The zero-order chi connectivity index (χ0) is 14.0. The van der Waals surface area contributed by atoms with Crippen molar-refractivity contribution in [2.24, 2.45) is 11.0 Å². The van der Waals surface area contributed by atoms with Crippen LogP contribution in [-0.2, 0) is 14.2 Å². The Morgan fingerprint density at radius 2 is 2.25 bits per heavy atom. The number of nitro groups is 1. The molecule has 0 radical (unpaired) electrons. The number of hydrazone groups is 1. The van der Waals surface area contributed by atoms with E-state index in [0.29, 0.717) is 45.4 Å². The zero-order valence-corrected chi connectivity index (χ0v) is 11.1. The standard InChI is InChI=1S/C11H18N4O5/c16-15(17)13-10-12-7-11(19-3-4-20-11)8-14(10)5-9-1-2-18-6-9/h9H,1-8H2,(H,12,13). The van der Waals surface area contributed by atoms with Crippen molar-refractivity contribution >= 4 is 5.96 Å². The summed E-state index contributed by atoms with van der Waals surface area (Å²) >= 11 is 0.